The number of aromatic amines is 1. The molecule has 35 heavy (non-hydrogen) atoms. The van der Waals surface area contributed by atoms with Crippen LogP contribution in [0.5, 0.6) is 0 Å². The minimum atomic E-state index is -0.200. The number of rotatable bonds is 6. The van der Waals surface area contributed by atoms with Crippen LogP contribution in [0.2, 0.25) is 0 Å². The third-order valence-corrected chi connectivity index (χ3v) is 7.01. The summed E-state index contributed by atoms with van der Waals surface area (Å²) in [6, 6.07) is 14.5. The summed E-state index contributed by atoms with van der Waals surface area (Å²) < 4.78 is 7.42. The van der Waals surface area contributed by atoms with Crippen molar-refractivity contribution in [3.63, 3.8) is 0 Å². The van der Waals surface area contributed by atoms with Gasteiger partial charge in [-0.15, -0.1) is 0 Å². The van der Waals surface area contributed by atoms with Crippen molar-refractivity contribution in [3.8, 4) is 6.07 Å². The maximum Gasteiger partial charge on any atom is 0.261 e. The Kier molecular flexibility index (Phi) is 5.38. The summed E-state index contributed by atoms with van der Waals surface area (Å²) in [6.07, 6.45) is 4.18. The Morgan fingerprint density at radius 1 is 1.29 bits per heavy atom. The zero-order chi connectivity index (χ0) is 23.9. The van der Waals surface area contributed by atoms with Gasteiger partial charge in [-0.25, -0.2) is 4.98 Å². The Hall–Kier alpha value is -3.90. The average Bonchev–Trinajstić information content (AvgIpc) is 3.65. The zero-order valence-corrected chi connectivity index (χ0v) is 19.6. The molecule has 0 radical (unpaired) electrons. The van der Waals surface area contributed by atoms with E-state index in [0.717, 1.165) is 47.3 Å². The Bertz CT molecular complexity index is 1500. The van der Waals surface area contributed by atoms with E-state index in [1.54, 1.807) is 6.20 Å². The van der Waals surface area contributed by atoms with Crippen molar-refractivity contribution in [1.29, 1.82) is 5.26 Å². The summed E-state index contributed by atoms with van der Waals surface area (Å²) in [5.41, 5.74) is 2.28. The number of hydrogen-bond acceptors (Lipinski definition) is 7. The summed E-state index contributed by atoms with van der Waals surface area (Å²) in [5, 5.41) is 19.0. The highest BCUT2D eigenvalue weighted by molar-refractivity contribution is 5.92. The molecule has 2 fully saturated rings. The van der Waals surface area contributed by atoms with Crippen LogP contribution >= 0.6 is 0 Å². The van der Waals surface area contributed by atoms with Crippen molar-refractivity contribution < 1.29 is 4.74 Å². The van der Waals surface area contributed by atoms with Crippen LogP contribution in [0.1, 0.15) is 32.2 Å². The number of aromatic nitrogens is 4. The first-order valence-electron chi connectivity index (χ1n) is 12.1. The molecule has 1 aliphatic carbocycles. The van der Waals surface area contributed by atoms with Gasteiger partial charge in [-0.05, 0) is 62.1 Å². The Balaban J connectivity index is 1.34. The minimum Gasteiger partial charge on any atom is -0.377 e. The predicted octanol–water partition coefficient (Wildman–Crippen LogP) is 4.11. The highest BCUT2D eigenvalue weighted by Gasteiger charge is 2.34. The molecule has 6 rings (SSSR count). The summed E-state index contributed by atoms with van der Waals surface area (Å²) in [7, 11) is 0. The van der Waals surface area contributed by atoms with E-state index in [1.165, 1.54) is 0 Å². The first-order chi connectivity index (χ1) is 17.1. The second-order valence-electron chi connectivity index (χ2n) is 9.45. The van der Waals surface area contributed by atoms with E-state index in [1.807, 2.05) is 35.0 Å². The molecule has 1 saturated carbocycles. The second kappa shape index (κ2) is 8.71. The fourth-order valence-corrected chi connectivity index (χ4v) is 5.02. The molecule has 178 valence electrons. The van der Waals surface area contributed by atoms with Crippen LogP contribution in [0, 0.1) is 17.2 Å². The third kappa shape index (κ3) is 4.00. The number of nitrogens with one attached hydrogen (secondary N) is 2. The minimum absolute atomic E-state index is 0.0262. The Morgan fingerprint density at radius 2 is 2.17 bits per heavy atom. The van der Waals surface area contributed by atoms with Gasteiger partial charge in [0, 0.05) is 23.8 Å². The monoisotopic (exact) mass is 469 g/mol. The number of hydrogen-bond donors (Lipinski definition) is 2. The lowest BCUT2D eigenvalue weighted by atomic mass is 10.1. The van der Waals surface area contributed by atoms with Crippen molar-refractivity contribution in [1.82, 2.24) is 19.7 Å². The van der Waals surface area contributed by atoms with Gasteiger partial charge >= 0.3 is 0 Å². The first kappa shape index (κ1) is 21.6. The summed E-state index contributed by atoms with van der Waals surface area (Å²) in [6.45, 7) is 4.39. The van der Waals surface area contributed by atoms with Crippen molar-refractivity contribution in [3.05, 3.63) is 52.9 Å². The zero-order valence-electron chi connectivity index (χ0n) is 19.6. The van der Waals surface area contributed by atoms with Crippen molar-refractivity contribution >= 4 is 39.1 Å². The molecule has 0 amide bonds. The highest BCUT2D eigenvalue weighted by Crippen LogP contribution is 2.43. The van der Waals surface area contributed by atoms with Crippen molar-refractivity contribution in [2.24, 2.45) is 5.92 Å². The molecule has 0 bridgehead atoms. The molecule has 1 aliphatic heterocycles. The van der Waals surface area contributed by atoms with E-state index >= 15 is 0 Å². The number of ether oxygens (including phenoxy) is 1. The van der Waals surface area contributed by atoms with Gasteiger partial charge in [-0.2, -0.15) is 10.4 Å². The lowest BCUT2D eigenvalue weighted by molar-refractivity contribution is 0.0986. The number of morpholine rings is 1. The van der Waals surface area contributed by atoms with E-state index in [2.05, 4.69) is 34.3 Å². The van der Waals surface area contributed by atoms with Crippen LogP contribution in [-0.2, 0) is 4.74 Å². The molecule has 2 aliphatic rings. The van der Waals surface area contributed by atoms with Crippen LogP contribution in [0.4, 0.5) is 17.3 Å². The molecular formula is C26H27N7O2. The van der Waals surface area contributed by atoms with Gasteiger partial charge in [0.2, 0.25) is 0 Å². The molecule has 4 aromatic rings. The van der Waals surface area contributed by atoms with E-state index in [-0.39, 0.29) is 17.6 Å². The maximum absolute atomic E-state index is 12.8. The smallest absolute Gasteiger partial charge is 0.261 e. The molecule has 9 nitrogen and oxygen atoms in total. The molecule has 2 N–H and O–H groups in total. The fraction of sp³-hybridized carbons (Fsp3) is 0.385. The quantitative estimate of drug-likeness (QED) is 0.437. The fourth-order valence-electron chi connectivity index (χ4n) is 5.02. The molecule has 1 aromatic carbocycles. The largest absolute Gasteiger partial charge is 0.377 e. The molecule has 0 unspecified atom stereocenters. The predicted molar refractivity (Wildman–Crippen MR) is 135 cm³/mol. The van der Waals surface area contributed by atoms with Gasteiger partial charge in [0.05, 0.1) is 48.8 Å². The number of benzene rings is 1. The standard InChI is InChI=1S/C26H27N7O2/c1-16-15-35-13-12-32(16)23-7-4-18-14-19(5-6-20(18)30-23)29-25-24-22(9-11-28-26(24)34)33(31-25)21(8-10-27)17-2-3-17/h4-7,9,11,14,16-17,21H,2-3,8,12-13,15H2,1H3,(H,28,34)(H,29,31)/t16-,21-/m0/s1. The van der Waals surface area contributed by atoms with Crippen LogP contribution in [0.25, 0.3) is 21.8 Å². The SMILES string of the molecule is C[C@H]1COCCN1c1ccc2cc(Nc3nn([C@@H](CC#N)C4CC4)c4cc[nH]c(=O)c34)ccc2n1. The maximum atomic E-state index is 12.8. The van der Waals surface area contributed by atoms with Gasteiger partial charge < -0.3 is 19.9 Å². The summed E-state index contributed by atoms with van der Waals surface area (Å²) >= 11 is 0. The van der Waals surface area contributed by atoms with Crippen LogP contribution in [-0.4, -0.2) is 45.5 Å². The van der Waals surface area contributed by atoms with Crippen LogP contribution < -0.4 is 15.8 Å². The lowest BCUT2D eigenvalue weighted by Crippen LogP contribution is -2.44. The molecule has 9 heteroatoms. The number of nitrogens with zero attached hydrogens (tertiary/aromatic N) is 5. The van der Waals surface area contributed by atoms with Gasteiger partial charge in [0.1, 0.15) is 11.2 Å². The molecule has 0 spiro atoms. The van der Waals surface area contributed by atoms with E-state index in [0.29, 0.717) is 36.8 Å². The lowest BCUT2D eigenvalue weighted by Gasteiger charge is -2.34. The van der Waals surface area contributed by atoms with Gasteiger partial charge in [-0.1, -0.05) is 0 Å². The highest BCUT2D eigenvalue weighted by atomic mass is 16.5. The van der Waals surface area contributed by atoms with Crippen LogP contribution in [0.3, 0.4) is 0 Å². The molecule has 3 aromatic heterocycles. The normalized spacial score (nSPS) is 19.1. The number of anilines is 3. The number of pyridine rings is 2. The summed E-state index contributed by atoms with van der Waals surface area (Å²) in [5.74, 6) is 1.88. The van der Waals surface area contributed by atoms with Crippen LogP contribution in [0.15, 0.2) is 47.4 Å². The third-order valence-electron chi connectivity index (χ3n) is 7.01. The number of fused-ring (bicyclic) bond motifs is 2. The Labute approximate surface area is 202 Å². The number of nitriles is 1. The van der Waals surface area contributed by atoms with E-state index < -0.39 is 0 Å². The van der Waals surface area contributed by atoms with Crippen molar-refractivity contribution in [2.45, 2.75) is 38.3 Å². The topological polar surface area (TPSA) is 112 Å². The molecular weight excluding hydrogens is 442 g/mol. The summed E-state index contributed by atoms with van der Waals surface area (Å²) in [4.78, 5) is 22.7. The van der Waals surface area contributed by atoms with Gasteiger partial charge in [0.15, 0.2) is 5.82 Å². The second-order valence-corrected chi connectivity index (χ2v) is 9.45. The molecule has 1 saturated heterocycles. The van der Waals surface area contributed by atoms with Gasteiger partial charge in [0.25, 0.3) is 5.56 Å². The molecule has 2 atom stereocenters. The number of H-pyrrole nitrogens is 1. The van der Waals surface area contributed by atoms with E-state index in [9.17, 15) is 10.1 Å². The van der Waals surface area contributed by atoms with Gasteiger partial charge in [-0.3, -0.25) is 9.48 Å². The average molecular weight is 470 g/mol. The van der Waals surface area contributed by atoms with Crippen molar-refractivity contribution in [2.75, 3.05) is 30.0 Å². The first-order valence-corrected chi connectivity index (χ1v) is 12.1. The Morgan fingerprint density at radius 3 is 2.97 bits per heavy atom. The molecule has 4 heterocycles. The van der Waals surface area contributed by atoms with E-state index in [4.69, 9.17) is 14.8 Å².